The normalized spacial score (nSPS) is 11.1. The molecule has 0 aliphatic carbocycles. The summed E-state index contributed by atoms with van der Waals surface area (Å²) in [5.74, 6) is -0.683. The van der Waals surface area contributed by atoms with E-state index in [2.05, 4.69) is 15.0 Å². The lowest BCUT2D eigenvalue weighted by Crippen LogP contribution is -1.94. The highest BCUT2D eigenvalue weighted by molar-refractivity contribution is 7.15. The average molecular weight is 274 g/mol. The molecule has 0 fully saturated rings. The van der Waals surface area contributed by atoms with E-state index < -0.39 is 5.97 Å². The number of carboxylic acid groups (broad SMARTS) is 1. The summed E-state index contributed by atoms with van der Waals surface area (Å²) in [5, 5.41) is 9.90. The minimum atomic E-state index is -1.06. The molecule has 3 aromatic rings. The van der Waals surface area contributed by atoms with Gasteiger partial charge in [-0.05, 0) is 13.8 Å². The maximum Gasteiger partial charge on any atom is 0.356 e. The molecule has 1 N–H and O–H groups in total. The summed E-state index contributed by atoms with van der Waals surface area (Å²) in [6.45, 7) is 3.90. The van der Waals surface area contributed by atoms with Crippen molar-refractivity contribution < 1.29 is 9.90 Å². The highest BCUT2D eigenvalue weighted by Gasteiger charge is 2.12. The minimum absolute atomic E-state index is 0.0122. The van der Waals surface area contributed by atoms with Crippen LogP contribution in [-0.4, -0.2) is 30.4 Å². The van der Waals surface area contributed by atoms with Gasteiger partial charge in [-0.2, -0.15) is 0 Å². The summed E-state index contributed by atoms with van der Waals surface area (Å²) >= 11 is 1.59. The molecular weight excluding hydrogens is 264 g/mol. The number of nitrogens with zero attached hydrogens (tertiary/aromatic N) is 4. The lowest BCUT2D eigenvalue weighted by molar-refractivity contribution is 0.0691. The smallest absolute Gasteiger partial charge is 0.356 e. The second-order valence-corrected chi connectivity index (χ2v) is 5.33. The largest absolute Gasteiger partial charge is 0.476 e. The second-order valence-electron chi connectivity index (χ2n) is 4.13. The van der Waals surface area contributed by atoms with Crippen LogP contribution in [0.5, 0.6) is 0 Å². The third-order valence-electron chi connectivity index (χ3n) is 2.69. The zero-order chi connectivity index (χ0) is 13.6. The minimum Gasteiger partial charge on any atom is -0.476 e. The van der Waals surface area contributed by atoms with Crippen molar-refractivity contribution in [3.8, 4) is 10.4 Å². The molecule has 0 aromatic carbocycles. The van der Waals surface area contributed by atoms with Crippen LogP contribution in [0.25, 0.3) is 16.2 Å². The van der Waals surface area contributed by atoms with E-state index in [1.165, 1.54) is 6.20 Å². The molecule has 0 spiro atoms. The second kappa shape index (κ2) is 4.13. The lowest BCUT2D eigenvalue weighted by atomic mass is 10.2. The van der Waals surface area contributed by atoms with Crippen molar-refractivity contribution in [2.24, 2.45) is 0 Å². The molecule has 0 amide bonds. The molecule has 0 radical (unpaired) electrons. The molecule has 3 rings (SSSR count). The summed E-state index contributed by atoms with van der Waals surface area (Å²) in [6.07, 6.45) is 4.97. The Morgan fingerprint density at radius 2 is 2.11 bits per heavy atom. The van der Waals surface area contributed by atoms with E-state index >= 15 is 0 Å². The Kier molecular flexibility index (Phi) is 2.56. The van der Waals surface area contributed by atoms with Crippen molar-refractivity contribution in [3.05, 3.63) is 35.0 Å². The number of hydrogen-bond acceptors (Lipinski definition) is 5. The molecule has 0 bridgehead atoms. The number of fused-ring (bicyclic) bond motifs is 1. The Labute approximate surface area is 112 Å². The van der Waals surface area contributed by atoms with Gasteiger partial charge in [0.25, 0.3) is 0 Å². The summed E-state index contributed by atoms with van der Waals surface area (Å²) in [5.41, 5.74) is 1.84. The molecule has 0 aliphatic rings. The lowest BCUT2D eigenvalue weighted by Gasteiger charge is -1.99. The van der Waals surface area contributed by atoms with Crippen LogP contribution < -0.4 is 0 Å². The first-order valence-electron chi connectivity index (χ1n) is 5.57. The average Bonchev–Trinajstić information content (AvgIpc) is 2.91. The van der Waals surface area contributed by atoms with E-state index in [9.17, 15) is 4.79 Å². The molecular formula is C12H10N4O2S. The van der Waals surface area contributed by atoms with Gasteiger partial charge in [0.2, 0.25) is 5.78 Å². The van der Waals surface area contributed by atoms with Crippen LogP contribution in [0.2, 0.25) is 0 Å². The van der Waals surface area contributed by atoms with Crippen molar-refractivity contribution in [2.75, 3.05) is 0 Å². The highest BCUT2D eigenvalue weighted by atomic mass is 32.1. The van der Waals surface area contributed by atoms with Crippen molar-refractivity contribution in [1.82, 2.24) is 19.4 Å². The van der Waals surface area contributed by atoms with Crippen LogP contribution in [0.15, 0.2) is 18.6 Å². The summed E-state index contributed by atoms with van der Waals surface area (Å²) in [6, 6.07) is 0. The first kappa shape index (κ1) is 11.8. The van der Waals surface area contributed by atoms with Gasteiger partial charge < -0.3 is 5.11 Å². The number of aryl methyl sites for hydroxylation is 2. The first-order chi connectivity index (χ1) is 9.04. The summed E-state index contributed by atoms with van der Waals surface area (Å²) < 4.78 is 1.62. The van der Waals surface area contributed by atoms with E-state index in [0.29, 0.717) is 5.78 Å². The summed E-state index contributed by atoms with van der Waals surface area (Å²) in [4.78, 5) is 24.4. The Bertz CT molecular complexity index is 790. The molecule has 3 heterocycles. The van der Waals surface area contributed by atoms with Crippen LogP contribution in [0.1, 0.15) is 21.2 Å². The van der Waals surface area contributed by atoms with Crippen molar-refractivity contribution >= 4 is 23.1 Å². The van der Waals surface area contributed by atoms with Gasteiger partial charge in [-0.25, -0.2) is 19.7 Å². The molecule has 7 heteroatoms. The Morgan fingerprint density at radius 1 is 1.32 bits per heavy atom. The SMILES string of the molecule is Cc1nc(C)c(-c2cnc3nc(C(=O)O)cn3c2)s1. The number of aromatic carboxylic acids is 1. The first-order valence-corrected chi connectivity index (χ1v) is 6.38. The van der Waals surface area contributed by atoms with E-state index in [1.54, 1.807) is 21.9 Å². The van der Waals surface area contributed by atoms with Crippen LogP contribution in [0.3, 0.4) is 0 Å². The number of hydrogen-bond donors (Lipinski definition) is 1. The molecule has 6 nitrogen and oxygen atoms in total. The molecule has 0 atom stereocenters. The fraction of sp³-hybridized carbons (Fsp3) is 0.167. The van der Waals surface area contributed by atoms with Crippen LogP contribution in [-0.2, 0) is 0 Å². The van der Waals surface area contributed by atoms with Gasteiger partial charge in [0.15, 0.2) is 5.69 Å². The van der Waals surface area contributed by atoms with E-state index in [0.717, 1.165) is 21.1 Å². The number of rotatable bonds is 2. The molecule has 19 heavy (non-hydrogen) atoms. The number of thiazole rings is 1. The zero-order valence-corrected chi connectivity index (χ0v) is 11.1. The van der Waals surface area contributed by atoms with E-state index in [1.807, 2.05) is 20.0 Å². The maximum absolute atomic E-state index is 10.9. The Morgan fingerprint density at radius 3 is 2.74 bits per heavy atom. The Balaban J connectivity index is 2.16. The standard InChI is InChI=1S/C12H10N4O2S/c1-6-10(19-7(2)14-6)8-3-13-12-15-9(11(17)18)5-16(12)4-8/h3-5H,1-2H3,(H,17,18). The topological polar surface area (TPSA) is 80.4 Å². The monoisotopic (exact) mass is 274 g/mol. The van der Waals surface area contributed by atoms with Crippen molar-refractivity contribution in [1.29, 1.82) is 0 Å². The molecule has 3 aromatic heterocycles. The number of carbonyl (C=O) groups is 1. The molecule has 0 aliphatic heterocycles. The molecule has 96 valence electrons. The number of aromatic nitrogens is 4. The fourth-order valence-corrected chi connectivity index (χ4v) is 2.80. The van der Waals surface area contributed by atoms with E-state index in [4.69, 9.17) is 5.11 Å². The molecule has 0 saturated carbocycles. The van der Waals surface area contributed by atoms with Gasteiger partial charge in [0.1, 0.15) is 0 Å². The zero-order valence-electron chi connectivity index (χ0n) is 10.3. The summed E-state index contributed by atoms with van der Waals surface area (Å²) in [7, 11) is 0. The predicted octanol–water partition coefficient (Wildman–Crippen LogP) is 2.17. The van der Waals surface area contributed by atoms with Gasteiger partial charge in [-0.1, -0.05) is 0 Å². The van der Waals surface area contributed by atoms with Crippen molar-refractivity contribution in [3.63, 3.8) is 0 Å². The fourth-order valence-electron chi connectivity index (χ4n) is 1.90. The van der Waals surface area contributed by atoms with Gasteiger partial charge >= 0.3 is 5.97 Å². The van der Waals surface area contributed by atoms with E-state index in [-0.39, 0.29) is 5.69 Å². The quantitative estimate of drug-likeness (QED) is 0.774. The predicted molar refractivity (Wildman–Crippen MR) is 70.5 cm³/mol. The van der Waals surface area contributed by atoms with Crippen LogP contribution >= 0.6 is 11.3 Å². The van der Waals surface area contributed by atoms with Gasteiger partial charge in [0.05, 0.1) is 15.6 Å². The molecule has 0 unspecified atom stereocenters. The molecule has 0 saturated heterocycles. The number of carboxylic acids is 1. The third kappa shape index (κ3) is 1.97. The van der Waals surface area contributed by atoms with Crippen LogP contribution in [0.4, 0.5) is 0 Å². The third-order valence-corrected chi connectivity index (χ3v) is 3.82. The van der Waals surface area contributed by atoms with Gasteiger partial charge in [0, 0.05) is 24.2 Å². The maximum atomic E-state index is 10.9. The van der Waals surface area contributed by atoms with Gasteiger partial charge in [-0.3, -0.25) is 4.40 Å². The number of imidazole rings is 1. The van der Waals surface area contributed by atoms with Crippen molar-refractivity contribution in [2.45, 2.75) is 13.8 Å². The van der Waals surface area contributed by atoms with Crippen LogP contribution in [0, 0.1) is 13.8 Å². The Hall–Kier alpha value is -2.28. The highest BCUT2D eigenvalue weighted by Crippen LogP contribution is 2.29. The van der Waals surface area contributed by atoms with Gasteiger partial charge in [-0.15, -0.1) is 11.3 Å².